The molecule has 1 saturated heterocycles. The first-order valence-corrected chi connectivity index (χ1v) is 9.96. The average Bonchev–Trinajstić information content (AvgIpc) is 3.14. The molecule has 5 nitrogen and oxygen atoms in total. The molecule has 2 aromatic carbocycles. The van der Waals surface area contributed by atoms with Crippen LogP contribution in [0.15, 0.2) is 59.2 Å². The molecule has 0 aliphatic carbocycles. The minimum atomic E-state index is -0.302. The Balaban J connectivity index is 1.61. The summed E-state index contributed by atoms with van der Waals surface area (Å²) in [7, 11) is 0. The minimum absolute atomic E-state index is 0.0998. The maximum atomic E-state index is 12.4. The first-order chi connectivity index (χ1) is 13.9. The third kappa shape index (κ3) is 5.41. The van der Waals surface area contributed by atoms with Gasteiger partial charge in [0.2, 0.25) is 5.91 Å². The van der Waals surface area contributed by atoms with Gasteiger partial charge in [-0.25, -0.2) is 5.43 Å². The van der Waals surface area contributed by atoms with Gasteiger partial charge in [0.15, 0.2) is 0 Å². The van der Waals surface area contributed by atoms with E-state index in [1.165, 1.54) is 5.56 Å². The topological polar surface area (TPSA) is 61.8 Å². The predicted octanol–water partition coefficient (Wildman–Crippen LogP) is 4.76. The molecule has 0 atom stereocenters. The highest BCUT2D eigenvalue weighted by Gasteiger charge is 2.22. The van der Waals surface area contributed by atoms with E-state index in [0.717, 1.165) is 23.2 Å². The van der Waals surface area contributed by atoms with Crippen LogP contribution >= 0.6 is 0 Å². The van der Waals surface area contributed by atoms with E-state index in [4.69, 9.17) is 0 Å². The van der Waals surface area contributed by atoms with Crippen molar-refractivity contribution in [2.45, 2.75) is 39.5 Å². The van der Waals surface area contributed by atoms with E-state index in [1.54, 1.807) is 29.3 Å². The Bertz CT molecular complexity index is 943. The molecule has 29 heavy (non-hydrogen) atoms. The van der Waals surface area contributed by atoms with E-state index < -0.39 is 0 Å². The number of allylic oxidation sites excluding steroid dienone is 1. The minimum Gasteiger partial charge on any atom is -0.312 e. The fourth-order valence-corrected chi connectivity index (χ4v) is 3.27. The van der Waals surface area contributed by atoms with E-state index in [9.17, 15) is 9.59 Å². The van der Waals surface area contributed by atoms with Gasteiger partial charge in [-0.05, 0) is 54.2 Å². The molecule has 0 unspecified atom stereocenters. The zero-order chi connectivity index (χ0) is 20.8. The Kier molecular flexibility index (Phi) is 6.60. The van der Waals surface area contributed by atoms with Gasteiger partial charge >= 0.3 is 0 Å². The van der Waals surface area contributed by atoms with Crippen LogP contribution in [0, 0.1) is 0 Å². The number of rotatable bonds is 6. The Hall–Kier alpha value is -3.21. The van der Waals surface area contributed by atoms with Crippen molar-refractivity contribution >= 4 is 29.8 Å². The van der Waals surface area contributed by atoms with Gasteiger partial charge in [-0.2, -0.15) is 5.10 Å². The summed E-state index contributed by atoms with van der Waals surface area (Å²) >= 11 is 0. The molecular weight excluding hydrogens is 362 g/mol. The van der Waals surface area contributed by atoms with Gasteiger partial charge in [-0.15, -0.1) is 0 Å². The van der Waals surface area contributed by atoms with Crippen molar-refractivity contribution in [1.82, 2.24) is 5.43 Å². The third-order valence-electron chi connectivity index (χ3n) is 4.93. The number of benzene rings is 2. The second kappa shape index (κ2) is 9.32. The van der Waals surface area contributed by atoms with Crippen LogP contribution in [0.5, 0.6) is 0 Å². The van der Waals surface area contributed by atoms with Crippen molar-refractivity contribution in [3.8, 4) is 0 Å². The monoisotopic (exact) mass is 389 g/mol. The molecular formula is C24H27N3O2. The number of nitrogens with zero attached hydrogens (tertiary/aromatic N) is 2. The number of hydrogen-bond acceptors (Lipinski definition) is 3. The molecule has 0 radical (unpaired) electrons. The summed E-state index contributed by atoms with van der Waals surface area (Å²) in [6, 6.07) is 15.5. The molecule has 1 fully saturated rings. The Labute approximate surface area is 172 Å². The first-order valence-electron chi connectivity index (χ1n) is 9.96. The Morgan fingerprint density at radius 1 is 1.17 bits per heavy atom. The highest BCUT2D eigenvalue weighted by Crippen LogP contribution is 2.22. The SMILES string of the molecule is CC(/C=N\NC(=O)c1cccc(N2CCCC2=O)c1)=C\c1ccc(C(C)C)cc1. The predicted molar refractivity (Wildman–Crippen MR) is 118 cm³/mol. The molecule has 3 rings (SSSR count). The van der Waals surface area contributed by atoms with E-state index in [-0.39, 0.29) is 11.8 Å². The van der Waals surface area contributed by atoms with Crippen molar-refractivity contribution in [3.63, 3.8) is 0 Å². The lowest BCUT2D eigenvalue weighted by Crippen LogP contribution is -2.24. The molecule has 0 bridgehead atoms. The van der Waals surface area contributed by atoms with Gasteiger partial charge in [0.1, 0.15) is 0 Å². The molecule has 0 aromatic heterocycles. The van der Waals surface area contributed by atoms with Crippen molar-refractivity contribution in [2.24, 2.45) is 5.10 Å². The van der Waals surface area contributed by atoms with Crippen LogP contribution in [0.1, 0.15) is 61.0 Å². The molecule has 1 aliphatic heterocycles. The molecule has 1 heterocycles. The summed E-state index contributed by atoms with van der Waals surface area (Å²) < 4.78 is 0. The second-order valence-corrected chi connectivity index (χ2v) is 7.61. The summed E-state index contributed by atoms with van der Waals surface area (Å²) in [5.74, 6) is 0.305. The van der Waals surface area contributed by atoms with Crippen LogP contribution in [-0.4, -0.2) is 24.6 Å². The zero-order valence-electron chi connectivity index (χ0n) is 17.2. The number of carbonyl (C=O) groups is 2. The number of hydrazone groups is 1. The molecule has 150 valence electrons. The van der Waals surface area contributed by atoms with Gasteiger partial charge < -0.3 is 4.90 Å². The summed E-state index contributed by atoms with van der Waals surface area (Å²) in [5.41, 5.74) is 7.11. The lowest BCUT2D eigenvalue weighted by atomic mass is 10.0. The van der Waals surface area contributed by atoms with Crippen LogP contribution in [0.25, 0.3) is 6.08 Å². The third-order valence-corrected chi connectivity index (χ3v) is 4.93. The second-order valence-electron chi connectivity index (χ2n) is 7.61. The van der Waals surface area contributed by atoms with Crippen molar-refractivity contribution in [1.29, 1.82) is 0 Å². The maximum absolute atomic E-state index is 12.4. The molecule has 1 aliphatic rings. The van der Waals surface area contributed by atoms with Crippen molar-refractivity contribution in [2.75, 3.05) is 11.4 Å². The summed E-state index contributed by atoms with van der Waals surface area (Å²) in [6.07, 6.45) is 5.05. The number of amides is 2. The fraction of sp³-hybridized carbons (Fsp3) is 0.292. The van der Waals surface area contributed by atoms with E-state index in [0.29, 0.717) is 24.4 Å². The van der Waals surface area contributed by atoms with Crippen molar-refractivity contribution in [3.05, 3.63) is 70.8 Å². The van der Waals surface area contributed by atoms with Crippen molar-refractivity contribution < 1.29 is 9.59 Å². The number of carbonyl (C=O) groups excluding carboxylic acids is 2. The largest absolute Gasteiger partial charge is 0.312 e. The lowest BCUT2D eigenvalue weighted by molar-refractivity contribution is -0.117. The molecule has 0 saturated carbocycles. The standard InChI is InChI=1S/C24H27N3O2/c1-17(2)20-11-9-19(10-12-20)14-18(3)16-25-26-24(29)21-6-4-7-22(15-21)27-13-5-8-23(27)28/h4,6-7,9-12,14-17H,5,8,13H2,1-3H3,(H,26,29)/b18-14+,25-16-. The van der Waals surface area contributed by atoms with Gasteiger partial charge in [0.05, 0.1) is 6.21 Å². The Morgan fingerprint density at radius 3 is 2.59 bits per heavy atom. The summed E-state index contributed by atoms with van der Waals surface area (Å²) in [5, 5.41) is 4.06. The first kappa shape index (κ1) is 20.5. The fourth-order valence-electron chi connectivity index (χ4n) is 3.27. The van der Waals surface area contributed by atoms with E-state index in [1.807, 2.05) is 19.1 Å². The number of hydrogen-bond donors (Lipinski definition) is 1. The van der Waals surface area contributed by atoms with Crippen LogP contribution < -0.4 is 10.3 Å². The highest BCUT2D eigenvalue weighted by molar-refractivity contribution is 5.99. The molecule has 2 amide bonds. The van der Waals surface area contributed by atoms with E-state index >= 15 is 0 Å². The number of anilines is 1. The van der Waals surface area contributed by atoms with Gasteiger partial charge in [-0.1, -0.05) is 50.3 Å². The maximum Gasteiger partial charge on any atom is 0.271 e. The van der Waals surface area contributed by atoms with Gasteiger partial charge in [0.25, 0.3) is 5.91 Å². The van der Waals surface area contributed by atoms with E-state index in [2.05, 4.69) is 48.6 Å². The van der Waals surface area contributed by atoms with Crippen LogP contribution in [0.2, 0.25) is 0 Å². The zero-order valence-corrected chi connectivity index (χ0v) is 17.2. The molecule has 0 spiro atoms. The molecule has 5 heteroatoms. The molecule has 2 aromatic rings. The van der Waals surface area contributed by atoms with Crippen LogP contribution in [0.4, 0.5) is 5.69 Å². The smallest absolute Gasteiger partial charge is 0.271 e. The number of nitrogens with one attached hydrogen (secondary N) is 1. The average molecular weight is 389 g/mol. The quantitative estimate of drug-likeness (QED) is 0.572. The molecule has 1 N–H and O–H groups in total. The summed E-state index contributed by atoms with van der Waals surface area (Å²) in [4.78, 5) is 26.0. The van der Waals surface area contributed by atoms with Gasteiger partial charge in [0, 0.05) is 24.2 Å². The lowest BCUT2D eigenvalue weighted by Gasteiger charge is -2.16. The summed E-state index contributed by atoms with van der Waals surface area (Å²) in [6.45, 7) is 6.98. The Morgan fingerprint density at radius 2 is 1.93 bits per heavy atom. The van der Waals surface area contributed by atoms with Crippen LogP contribution in [0.3, 0.4) is 0 Å². The van der Waals surface area contributed by atoms with Gasteiger partial charge in [-0.3, -0.25) is 9.59 Å². The highest BCUT2D eigenvalue weighted by atomic mass is 16.2. The van der Waals surface area contributed by atoms with Crippen LogP contribution in [-0.2, 0) is 4.79 Å². The normalized spacial score (nSPS) is 14.8.